The molecule has 3 rings (SSSR count). The number of imidazole rings is 1. The van der Waals surface area contributed by atoms with Crippen molar-refractivity contribution in [3.8, 4) is 0 Å². The number of fused-ring (bicyclic) bond motifs is 1. The van der Waals surface area contributed by atoms with Crippen molar-refractivity contribution in [3.05, 3.63) is 30.2 Å². The zero-order chi connectivity index (χ0) is 15.0. The lowest BCUT2D eigenvalue weighted by Gasteiger charge is -2.16. The third-order valence-electron chi connectivity index (χ3n) is 3.65. The van der Waals surface area contributed by atoms with Crippen molar-refractivity contribution in [2.45, 2.75) is 13.3 Å². The van der Waals surface area contributed by atoms with Crippen LogP contribution in [0.5, 0.6) is 0 Å². The van der Waals surface area contributed by atoms with Gasteiger partial charge in [-0.05, 0) is 25.5 Å². The summed E-state index contributed by atoms with van der Waals surface area (Å²) in [7, 11) is 0. The monoisotopic (exact) mass is 288 g/mol. The number of likely N-dealkylation sites (tertiary alicyclic amines) is 1. The number of pyridine rings is 1. The summed E-state index contributed by atoms with van der Waals surface area (Å²) in [5.74, 6) is -1.31. The minimum atomic E-state index is -0.847. The number of rotatable bonds is 2. The summed E-state index contributed by atoms with van der Waals surface area (Å²) in [6.45, 7) is 2.63. The second kappa shape index (κ2) is 5.08. The van der Waals surface area contributed by atoms with Crippen LogP contribution in [0.2, 0.25) is 0 Å². The van der Waals surface area contributed by atoms with E-state index in [2.05, 4.69) is 10.3 Å². The first-order valence-corrected chi connectivity index (χ1v) is 6.77. The number of hydrogen-bond donors (Lipinski definition) is 2. The highest BCUT2D eigenvalue weighted by atomic mass is 16.4. The molecule has 1 fully saturated rings. The summed E-state index contributed by atoms with van der Waals surface area (Å²) in [4.78, 5) is 28.9. The maximum absolute atomic E-state index is 12.1. The zero-order valence-corrected chi connectivity index (χ0v) is 11.6. The first kappa shape index (κ1) is 13.4. The smallest absolute Gasteiger partial charge is 0.321 e. The van der Waals surface area contributed by atoms with Gasteiger partial charge in [-0.15, -0.1) is 0 Å². The van der Waals surface area contributed by atoms with Crippen LogP contribution in [0.3, 0.4) is 0 Å². The van der Waals surface area contributed by atoms with Gasteiger partial charge in [0.15, 0.2) is 0 Å². The van der Waals surface area contributed by atoms with E-state index in [-0.39, 0.29) is 12.6 Å². The van der Waals surface area contributed by atoms with E-state index in [0.29, 0.717) is 18.7 Å². The number of amides is 2. The second-order valence-electron chi connectivity index (χ2n) is 5.27. The normalized spacial score (nSPS) is 18.1. The number of nitrogens with one attached hydrogen (secondary N) is 1. The average molecular weight is 288 g/mol. The average Bonchev–Trinajstić information content (AvgIpc) is 3.03. The molecule has 0 spiro atoms. The number of aryl methyl sites for hydroxylation is 1. The Kier molecular flexibility index (Phi) is 3.25. The molecule has 0 aromatic carbocycles. The van der Waals surface area contributed by atoms with Gasteiger partial charge in [-0.3, -0.25) is 4.79 Å². The van der Waals surface area contributed by atoms with E-state index >= 15 is 0 Å². The lowest BCUT2D eigenvalue weighted by atomic mass is 10.1. The van der Waals surface area contributed by atoms with Crippen molar-refractivity contribution >= 4 is 23.3 Å². The van der Waals surface area contributed by atoms with Gasteiger partial charge in [0, 0.05) is 25.5 Å². The molecule has 1 atom stereocenters. The molecule has 0 saturated carbocycles. The number of carboxylic acids is 1. The first-order valence-electron chi connectivity index (χ1n) is 6.77. The van der Waals surface area contributed by atoms with E-state index in [9.17, 15) is 9.59 Å². The lowest BCUT2D eigenvalue weighted by Crippen LogP contribution is -2.33. The van der Waals surface area contributed by atoms with Gasteiger partial charge in [-0.1, -0.05) is 0 Å². The van der Waals surface area contributed by atoms with Crippen molar-refractivity contribution in [1.82, 2.24) is 14.3 Å². The number of carboxylic acid groups (broad SMARTS) is 1. The molecule has 1 aliphatic heterocycles. The molecule has 7 nitrogen and oxygen atoms in total. The van der Waals surface area contributed by atoms with Crippen LogP contribution in [0.15, 0.2) is 24.5 Å². The van der Waals surface area contributed by atoms with Gasteiger partial charge < -0.3 is 19.7 Å². The number of aromatic nitrogens is 2. The predicted octanol–water partition coefficient (Wildman–Crippen LogP) is 1.58. The highest BCUT2D eigenvalue weighted by Crippen LogP contribution is 2.18. The van der Waals surface area contributed by atoms with E-state index in [4.69, 9.17) is 5.11 Å². The molecule has 21 heavy (non-hydrogen) atoms. The summed E-state index contributed by atoms with van der Waals surface area (Å²) >= 11 is 0. The molecule has 2 aromatic heterocycles. The Morgan fingerprint density at radius 2 is 2.19 bits per heavy atom. The van der Waals surface area contributed by atoms with Gasteiger partial charge in [-0.2, -0.15) is 0 Å². The summed E-state index contributed by atoms with van der Waals surface area (Å²) in [6, 6.07) is 3.34. The maximum atomic E-state index is 12.1. The molecule has 0 radical (unpaired) electrons. The quantitative estimate of drug-likeness (QED) is 0.878. The Bertz CT molecular complexity index is 709. The summed E-state index contributed by atoms with van der Waals surface area (Å²) < 4.78 is 1.84. The van der Waals surface area contributed by atoms with Crippen molar-refractivity contribution in [1.29, 1.82) is 0 Å². The fraction of sp³-hybridized carbons (Fsp3) is 0.357. The van der Waals surface area contributed by atoms with Crippen LogP contribution in [0.25, 0.3) is 5.65 Å². The zero-order valence-electron chi connectivity index (χ0n) is 11.6. The number of carbonyl (C=O) groups is 2. The summed E-state index contributed by atoms with van der Waals surface area (Å²) in [6.07, 6.45) is 4.17. The Morgan fingerprint density at radius 1 is 1.38 bits per heavy atom. The van der Waals surface area contributed by atoms with Crippen molar-refractivity contribution in [3.63, 3.8) is 0 Å². The van der Waals surface area contributed by atoms with E-state index in [1.54, 1.807) is 12.3 Å². The van der Waals surface area contributed by atoms with E-state index in [0.717, 1.165) is 11.3 Å². The molecular formula is C14H16N4O3. The fourth-order valence-electron chi connectivity index (χ4n) is 2.54. The molecule has 2 aromatic rings. The van der Waals surface area contributed by atoms with Crippen LogP contribution in [0, 0.1) is 12.8 Å². The minimum Gasteiger partial charge on any atom is -0.481 e. The molecule has 0 bridgehead atoms. The van der Waals surface area contributed by atoms with Gasteiger partial charge >= 0.3 is 12.0 Å². The molecule has 7 heteroatoms. The maximum Gasteiger partial charge on any atom is 0.321 e. The molecule has 3 heterocycles. The number of urea groups is 1. The Labute approximate surface area is 121 Å². The SMILES string of the molecule is Cc1cn2cc(NC(=O)N3CCC(C(=O)O)C3)ccc2n1. The number of hydrogen-bond acceptors (Lipinski definition) is 3. The van der Waals surface area contributed by atoms with Gasteiger partial charge in [0.1, 0.15) is 5.65 Å². The number of anilines is 1. The molecular weight excluding hydrogens is 272 g/mol. The van der Waals surface area contributed by atoms with Gasteiger partial charge in [0.05, 0.1) is 17.3 Å². The van der Waals surface area contributed by atoms with Crippen LogP contribution in [-0.2, 0) is 4.79 Å². The minimum absolute atomic E-state index is 0.258. The van der Waals surface area contributed by atoms with Gasteiger partial charge in [0.2, 0.25) is 0 Å². The van der Waals surface area contributed by atoms with Crippen LogP contribution in [0.1, 0.15) is 12.1 Å². The lowest BCUT2D eigenvalue weighted by molar-refractivity contribution is -0.141. The van der Waals surface area contributed by atoms with E-state index in [1.807, 2.05) is 23.6 Å². The van der Waals surface area contributed by atoms with Crippen LogP contribution < -0.4 is 5.32 Å². The molecule has 2 amide bonds. The van der Waals surface area contributed by atoms with Crippen molar-refractivity contribution < 1.29 is 14.7 Å². The van der Waals surface area contributed by atoms with Crippen molar-refractivity contribution in [2.75, 3.05) is 18.4 Å². The van der Waals surface area contributed by atoms with Crippen LogP contribution >= 0.6 is 0 Å². The van der Waals surface area contributed by atoms with Crippen LogP contribution in [0.4, 0.5) is 10.5 Å². The Morgan fingerprint density at radius 3 is 2.90 bits per heavy atom. The highest BCUT2D eigenvalue weighted by Gasteiger charge is 2.30. The molecule has 1 aliphatic rings. The van der Waals surface area contributed by atoms with E-state index < -0.39 is 11.9 Å². The predicted molar refractivity (Wildman–Crippen MR) is 76.3 cm³/mol. The summed E-state index contributed by atoms with van der Waals surface area (Å²) in [5, 5.41) is 11.7. The van der Waals surface area contributed by atoms with E-state index in [1.165, 1.54) is 4.90 Å². The number of aliphatic carboxylic acids is 1. The van der Waals surface area contributed by atoms with Gasteiger partial charge in [0.25, 0.3) is 0 Å². The van der Waals surface area contributed by atoms with Crippen LogP contribution in [-0.4, -0.2) is 44.5 Å². The molecule has 110 valence electrons. The van der Waals surface area contributed by atoms with Gasteiger partial charge in [-0.25, -0.2) is 9.78 Å². The highest BCUT2D eigenvalue weighted by molar-refractivity contribution is 5.90. The number of nitrogens with zero attached hydrogens (tertiary/aromatic N) is 3. The standard InChI is InChI=1S/C14H16N4O3/c1-9-6-18-8-11(2-3-12(18)15-9)16-14(21)17-5-4-10(7-17)13(19)20/h2-3,6,8,10H,4-5,7H2,1H3,(H,16,21)(H,19,20). The first-order chi connectivity index (χ1) is 10.0. The topological polar surface area (TPSA) is 86.9 Å². The third kappa shape index (κ3) is 2.67. The number of carbonyl (C=O) groups excluding carboxylic acids is 1. The molecule has 0 aliphatic carbocycles. The second-order valence-corrected chi connectivity index (χ2v) is 5.27. The fourth-order valence-corrected chi connectivity index (χ4v) is 2.54. The molecule has 1 saturated heterocycles. The Hall–Kier alpha value is -2.57. The Balaban J connectivity index is 1.70. The molecule has 2 N–H and O–H groups in total. The van der Waals surface area contributed by atoms with Crippen molar-refractivity contribution in [2.24, 2.45) is 5.92 Å². The third-order valence-corrected chi connectivity index (χ3v) is 3.65. The summed E-state index contributed by atoms with van der Waals surface area (Å²) in [5.41, 5.74) is 2.38. The largest absolute Gasteiger partial charge is 0.481 e. The molecule has 1 unspecified atom stereocenters.